The van der Waals surface area contributed by atoms with Crippen molar-refractivity contribution in [3.8, 4) is 0 Å². The van der Waals surface area contributed by atoms with E-state index in [1.54, 1.807) is 6.07 Å². The third kappa shape index (κ3) is 4.31. The lowest BCUT2D eigenvalue weighted by molar-refractivity contribution is -0.140. The molecule has 5 heteroatoms. The van der Waals surface area contributed by atoms with Crippen LogP contribution in [-0.4, -0.2) is 11.8 Å². The maximum atomic E-state index is 13.3. The number of ketones is 1. The summed E-state index contributed by atoms with van der Waals surface area (Å²) < 4.78 is 5.67. The van der Waals surface area contributed by atoms with Gasteiger partial charge in [0.25, 0.3) is 0 Å². The first-order valence-corrected chi connectivity index (χ1v) is 10.8. The van der Waals surface area contributed by atoms with Gasteiger partial charge in [-0.05, 0) is 36.0 Å². The Labute approximate surface area is 187 Å². The molecule has 1 N–H and O–H groups in total. The molecule has 0 saturated heterocycles. The van der Waals surface area contributed by atoms with E-state index in [-0.39, 0.29) is 17.8 Å². The third-order valence-corrected chi connectivity index (χ3v) is 6.23. The summed E-state index contributed by atoms with van der Waals surface area (Å²) in [6.07, 6.45) is 1.17. The zero-order valence-electron chi connectivity index (χ0n) is 18.0. The highest BCUT2D eigenvalue weighted by Gasteiger charge is 2.43. The van der Waals surface area contributed by atoms with Crippen LogP contribution < -0.4 is 5.32 Å². The van der Waals surface area contributed by atoms with E-state index >= 15 is 0 Å². The van der Waals surface area contributed by atoms with Gasteiger partial charge in [-0.2, -0.15) is 0 Å². The summed E-state index contributed by atoms with van der Waals surface area (Å²) in [5, 5.41) is 3.88. The van der Waals surface area contributed by atoms with Gasteiger partial charge in [-0.15, -0.1) is 0 Å². The summed E-state index contributed by atoms with van der Waals surface area (Å²) in [5.41, 5.74) is 4.16. The molecule has 1 unspecified atom stereocenters. The van der Waals surface area contributed by atoms with Gasteiger partial charge in [-0.3, -0.25) is 4.79 Å². The minimum absolute atomic E-state index is 0.0459. The molecule has 2 aliphatic rings. The first-order valence-electron chi connectivity index (χ1n) is 10.5. The van der Waals surface area contributed by atoms with Crippen LogP contribution in [0, 0.1) is 5.41 Å². The van der Waals surface area contributed by atoms with Gasteiger partial charge in [0, 0.05) is 34.3 Å². The molecule has 0 aromatic heterocycles. The Bertz CT molecular complexity index is 1100. The van der Waals surface area contributed by atoms with E-state index < -0.39 is 11.9 Å². The predicted molar refractivity (Wildman–Crippen MR) is 121 cm³/mol. The van der Waals surface area contributed by atoms with Gasteiger partial charge in [0.15, 0.2) is 5.78 Å². The van der Waals surface area contributed by atoms with Crippen molar-refractivity contribution in [2.24, 2.45) is 5.41 Å². The molecular weight excluding hydrogens is 410 g/mol. The fraction of sp³-hybridized carbons (Fsp3) is 0.308. The van der Waals surface area contributed by atoms with E-state index in [0.717, 1.165) is 23.2 Å². The molecule has 1 heterocycles. The van der Waals surface area contributed by atoms with Crippen LogP contribution in [0.25, 0.3) is 0 Å². The maximum Gasteiger partial charge on any atom is 0.337 e. The molecule has 2 aromatic rings. The number of dihydropyridines is 1. The first kappa shape index (κ1) is 21.4. The van der Waals surface area contributed by atoms with Crippen LogP contribution in [0.5, 0.6) is 0 Å². The molecule has 1 atom stereocenters. The number of hydrogen-bond donors (Lipinski definition) is 1. The van der Waals surface area contributed by atoms with Gasteiger partial charge in [0.1, 0.15) is 6.61 Å². The SMILES string of the molecule is CC1=C(C(=O)OCc2ccccc2)C(c2ccccc2Cl)C2=C(CC(C)(C)CC2=O)N1. The van der Waals surface area contributed by atoms with Crippen molar-refractivity contribution in [2.45, 2.75) is 46.1 Å². The average Bonchev–Trinajstić information content (AvgIpc) is 2.71. The average molecular weight is 436 g/mol. The molecule has 0 saturated carbocycles. The summed E-state index contributed by atoms with van der Waals surface area (Å²) >= 11 is 6.55. The molecule has 0 spiro atoms. The van der Waals surface area contributed by atoms with Crippen molar-refractivity contribution in [2.75, 3.05) is 0 Å². The fourth-order valence-corrected chi connectivity index (χ4v) is 4.77. The number of hydrogen-bond acceptors (Lipinski definition) is 4. The van der Waals surface area contributed by atoms with Crippen LogP contribution >= 0.6 is 11.6 Å². The van der Waals surface area contributed by atoms with Gasteiger partial charge in [-0.1, -0.05) is 74.0 Å². The van der Waals surface area contributed by atoms with Gasteiger partial charge in [0.05, 0.1) is 5.57 Å². The number of halogens is 1. The summed E-state index contributed by atoms with van der Waals surface area (Å²) in [7, 11) is 0. The standard InChI is InChI=1S/C26H26ClNO3/c1-16-22(25(30)31-15-17-9-5-4-6-10-17)23(18-11-7-8-12-19(18)27)24-20(28-16)13-26(2,3)14-21(24)29/h4-12,23,28H,13-15H2,1-3H3. The highest BCUT2D eigenvalue weighted by molar-refractivity contribution is 6.31. The number of benzene rings is 2. The molecule has 0 radical (unpaired) electrons. The number of carbonyl (C=O) groups is 2. The Balaban J connectivity index is 1.75. The van der Waals surface area contributed by atoms with Crippen molar-refractivity contribution in [1.29, 1.82) is 0 Å². The molecule has 160 valence electrons. The van der Waals surface area contributed by atoms with Gasteiger partial charge in [0.2, 0.25) is 0 Å². The van der Waals surface area contributed by atoms with E-state index in [2.05, 4.69) is 19.2 Å². The summed E-state index contributed by atoms with van der Waals surface area (Å²) in [5.74, 6) is -0.940. The lowest BCUT2D eigenvalue weighted by Crippen LogP contribution is -2.38. The highest BCUT2D eigenvalue weighted by Crippen LogP contribution is 2.48. The normalized spacial score (nSPS) is 20.3. The number of rotatable bonds is 4. The Morgan fingerprint density at radius 3 is 2.48 bits per heavy atom. The topological polar surface area (TPSA) is 55.4 Å². The Morgan fingerprint density at radius 2 is 1.77 bits per heavy atom. The number of esters is 1. The molecule has 31 heavy (non-hydrogen) atoms. The van der Waals surface area contributed by atoms with Crippen LogP contribution in [0.2, 0.25) is 5.02 Å². The minimum atomic E-state index is -0.545. The maximum absolute atomic E-state index is 13.3. The second-order valence-corrected chi connectivity index (χ2v) is 9.42. The smallest absolute Gasteiger partial charge is 0.337 e. The van der Waals surface area contributed by atoms with Crippen molar-refractivity contribution in [3.63, 3.8) is 0 Å². The van der Waals surface area contributed by atoms with Crippen LogP contribution in [0.1, 0.15) is 50.7 Å². The van der Waals surface area contributed by atoms with Gasteiger partial charge < -0.3 is 10.1 Å². The van der Waals surface area contributed by atoms with E-state index in [0.29, 0.717) is 28.3 Å². The molecule has 2 aromatic carbocycles. The van der Waals surface area contributed by atoms with E-state index in [1.165, 1.54) is 0 Å². The molecular formula is C26H26ClNO3. The number of carbonyl (C=O) groups excluding carboxylic acids is 2. The van der Waals surface area contributed by atoms with Crippen LogP contribution in [0.4, 0.5) is 0 Å². The molecule has 4 rings (SSSR count). The Kier molecular flexibility index (Phi) is 5.76. The Morgan fingerprint density at radius 1 is 1.10 bits per heavy atom. The van der Waals surface area contributed by atoms with Crippen molar-refractivity contribution in [1.82, 2.24) is 5.32 Å². The number of Topliss-reactive ketones (excluding diaryl/α,β-unsaturated/α-hetero) is 1. The fourth-order valence-electron chi connectivity index (χ4n) is 4.53. The van der Waals surface area contributed by atoms with E-state index in [4.69, 9.17) is 16.3 Å². The van der Waals surface area contributed by atoms with Crippen molar-refractivity contribution in [3.05, 3.63) is 93.3 Å². The number of allylic oxidation sites excluding steroid dienone is 3. The zero-order valence-corrected chi connectivity index (χ0v) is 18.8. The molecule has 1 aliphatic carbocycles. The lowest BCUT2D eigenvalue weighted by atomic mass is 9.68. The van der Waals surface area contributed by atoms with Gasteiger partial charge in [-0.25, -0.2) is 4.79 Å². The Hall–Kier alpha value is -2.85. The summed E-state index contributed by atoms with van der Waals surface area (Å²) in [6.45, 7) is 6.20. The van der Waals surface area contributed by atoms with E-state index in [1.807, 2.05) is 55.5 Å². The zero-order chi connectivity index (χ0) is 22.2. The number of nitrogens with one attached hydrogen (secondary N) is 1. The third-order valence-electron chi connectivity index (χ3n) is 5.89. The van der Waals surface area contributed by atoms with Crippen LogP contribution in [0.15, 0.2) is 77.1 Å². The monoisotopic (exact) mass is 435 g/mol. The minimum Gasteiger partial charge on any atom is -0.457 e. The van der Waals surface area contributed by atoms with Gasteiger partial charge >= 0.3 is 5.97 Å². The van der Waals surface area contributed by atoms with Crippen molar-refractivity contribution >= 4 is 23.4 Å². The van der Waals surface area contributed by atoms with Crippen LogP contribution in [-0.2, 0) is 20.9 Å². The highest BCUT2D eigenvalue weighted by atomic mass is 35.5. The van der Waals surface area contributed by atoms with E-state index in [9.17, 15) is 9.59 Å². The second-order valence-electron chi connectivity index (χ2n) is 9.01. The predicted octanol–water partition coefficient (Wildman–Crippen LogP) is 5.69. The largest absolute Gasteiger partial charge is 0.457 e. The molecule has 0 bridgehead atoms. The number of ether oxygens (including phenoxy) is 1. The molecule has 0 amide bonds. The molecule has 4 nitrogen and oxygen atoms in total. The second kappa shape index (κ2) is 8.35. The quantitative estimate of drug-likeness (QED) is 0.627. The lowest BCUT2D eigenvalue weighted by Gasteiger charge is -2.39. The first-order chi connectivity index (χ1) is 14.8. The summed E-state index contributed by atoms with van der Waals surface area (Å²) in [6, 6.07) is 16.9. The molecule has 0 fully saturated rings. The van der Waals surface area contributed by atoms with Crippen molar-refractivity contribution < 1.29 is 14.3 Å². The van der Waals surface area contributed by atoms with Crippen LogP contribution in [0.3, 0.4) is 0 Å². The molecule has 1 aliphatic heterocycles. The summed E-state index contributed by atoms with van der Waals surface area (Å²) in [4.78, 5) is 26.6.